The van der Waals surface area contributed by atoms with Crippen molar-refractivity contribution in [3.8, 4) is 17.2 Å². The average Bonchev–Trinajstić information content (AvgIpc) is 2.31. The van der Waals surface area contributed by atoms with Crippen molar-refractivity contribution in [2.45, 2.75) is 19.8 Å². The van der Waals surface area contributed by atoms with E-state index in [0.717, 1.165) is 18.4 Å². The van der Waals surface area contributed by atoms with Crippen LogP contribution in [0.1, 0.15) is 25.3 Å². The van der Waals surface area contributed by atoms with E-state index in [9.17, 15) is 5.11 Å². The van der Waals surface area contributed by atoms with Crippen molar-refractivity contribution in [1.29, 1.82) is 0 Å². The molecule has 88 valence electrons. The first-order valence-corrected chi connectivity index (χ1v) is 5.34. The second kappa shape index (κ2) is 6.05. The molecule has 0 bridgehead atoms. The highest BCUT2D eigenvalue weighted by molar-refractivity contribution is 5.61. The molecule has 0 heterocycles. The number of ether oxygens (including phenoxy) is 2. The molecule has 0 unspecified atom stereocenters. The molecule has 3 heteroatoms. The summed E-state index contributed by atoms with van der Waals surface area (Å²) in [5.41, 5.74) is 0.958. The van der Waals surface area contributed by atoms with E-state index in [-0.39, 0.29) is 5.75 Å². The van der Waals surface area contributed by atoms with Crippen molar-refractivity contribution in [2.75, 3.05) is 14.2 Å². The predicted octanol–water partition coefficient (Wildman–Crippen LogP) is 3.22. The van der Waals surface area contributed by atoms with Gasteiger partial charge < -0.3 is 14.6 Å². The number of hydrogen-bond donors (Lipinski definition) is 1. The van der Waals surface area contributed by atoms with Gasteiger partial charge in [0, 0.05) is 0 Å². The van der Waals surface area contributed by atoms with Gasteiger partial charge in [0.25, 0.3) is 0 Å². The number of hydrogen-bond acceptors (Lipinski definition) is 3. The van der Waals surface area contributed by atoms with Gasteiger partial charge in [-0.2, -0.15) is 0 Å². The number of phenolic OH excluding ortho intramolecular Hbond substituents is 1. The molecule has 0 spiro atoms. The van der Waals surface area contributed by atoms with Crippen molar-refractivity contribution >= 4 is 6.08 Å². The first kappa shape index (κ1) is 12.4. The van der Waals surface area contributed by atoms with Crippen molar-refractivity contribution in [2.24, 2.45) is 0 Å². The summed E-state index contributed by atoms with van der Waals surface area (Å²) >= 11 is 0. The standard InChI is InChI=1S/C13H18O3/c1-4-5-6-7-10-8-11(15-2)13(14)12(9-10)16-3/h6-9,14H,4-5H2,1-3H3. The zero-order chi connectivity index (χ0) is 12.0. The van der Waals surface area contributed by atoms with Crippen LogP contribution in [0.15, 0.2) is 18.2 Å². The molecule has 1 rings (SSSR count). The van der Waals surface area contributed by atoms with Gasteiger partial charge in [0.1, 0.15) is 0 Å². The Hall–Kier alpha value is -1.64. The zero-order valence-electron chi connectivity index (χ0n) is 9.99. The Morgan fingerprint density at radius 1 is 1.19 bits per heavy atom. The molecule has 0 amide bonds. The van der Waals surface area contributed by atoms with Gasteiger partial charge in [-0.3, -0.25) is 0 Å². The third-order valence-corrected chi connectivity index (χ3v) is 2.27. The molecule has 0 radical (unpaired) electrons. The van der Waals surface area contributed by atoms with E-state index in [0.29, 0.717) is 11.5 Å². The summed E-state index contributed by atoms with van der Waals surface area (Å²) in [7, 11) is 3.04. The van der Waals surface area contributed by atoms with Crippen molar-refractivity contribution < 1.29 is 14.6 Å². The van der Waals surface area contributed by atoms with E-state index < -0.39 is 0 Å². The third kappa shape index (κ3) is 2.92. The first-order valence-electron chi connectivity index (χ1n) is 5.34. The van der Waals surface area contributed by atoms with Crippen LogP contribution in [0, 0.1) is 0 Å². The van der Waals surface area contributed by atoms with Gasteiger partial charge in [-0.05, 0) is 24.1 Å². The molecule has 16 heavy (non-hydrogen) atoms. The molecule has 0 aliphatic carbocycles. The maximum Gasteiger partial charge on any atom is 0.200 e. The Kier molecular flexibility index (Phi) is 4.70. The SMILES string of the molecule is CCCC=Cc1cc(OC)c(O)c(OC)c1. The summed E-state index contributed by atoms with van der Waals surface area (Å²) in [5.74, 6) is 0.892. The smallest absolute Gasteiger partial charge is 0.200 e. The lowest BCUT2D eigenvalue weighted by molar-refractivity contribution is 0.340. The molecule has 3 nitrogen and oxygen atoms in total. The highest BCUT2D eigenvalue weighted by atomic mass is 16.5. The van der Waals surface area contributed by atoms with Crippen LogP contribution in [0.3, 0.4) is 0 Å². The van der Waals surface area contributed by atoms with Gasteiger partial charge in [-0.1, -0.05) is 25.5 Å². The van der Waals surface area contributed by atoms with Gasteiger partial charge in [-0.25, -0.2) is 0 Å². The summed E-state index contributed by atoms with van der Waals surface area (Å²) in [4.78, 5) is 0. The fourth-order valence-electron chi connectivity index (χ4n) is 1.40. The summed E-state index contributed by atoms with van der Waals surface area (Å²) in [6.45, 7) is 2.13. The van der Waals surface area contributed by atoms with Crippen LogP contribution in [0.4, 0.5) is 0 Å². The van der Waals surface area contributed by atoms with Gasteiger partial charge in [0.05, 0.1) is 14.2 Å². The number of allylic oxidation sites excluding steroid dienone is 1. The summed E-state index contributed by atoms with van der Waals surface area (Å²) in [6, 6.07) is 3.56. The number of phenols is 1. The molecule has 0 atom stereocenters. The van der Waals surface area contributed by atoms with E-state index in [1.807, 2.05) is 6.08 Å². The maximum absolute atomic E-state index is 9.71. The minimum absolute atomic E-state index is 0.0395. The highest BCUT2D eigenvalue weighted by Gasteiger charge is 2.09. The summed E-state index contributed by atoms with van der Waals surface area (Å²) in [6.07, 6.45) is 6.23. The normalized spacial score (nSPS) is 10.7. The quantitative estimate of drug-likeness (QED) is 0.831. The van der Waals surface area contributed by atoms with Crippen LogP contribution in [0.2, 0.25) is 0 Å². The Bertz CT molecular complexity index is 344. The molecule has 0 aliphatic heterocycles. The minimum Gasteiger partial charge on any atom is -0.502 e. The van der Waals surface area contributed by atoms with Crippen LogP contribution in [0.25, 0.3) is 6.08 Å². The van der Waals surface area contributed by atoms with Crippen molar-refractivity contribution in [3.63, 3.8) is 0 Å². The zero-order valence-corrected chi connectivity index (χ0v) is 9.99. The minimum atomic E-state index is 0.0395. The molecule has 0 saturated heterocycles. The van der Waals surface area contributed by atoms with Crippen molar-refractivity contribution in [3.05, 3.63) is 23.8 Å². The Labute approximate surface area is 96.3 Å². The van der Waals surface area contributed by atoms with Gasteiger partial charge in [0.2, 0.25) is 5.75 Å². The number of rotatable bonds is 5. The van der Waals surface area contributed by atoms with E-state index in [1.54, 1.807) is 12.1 Å². The molecule has 1 N–H and O–H groups in total. The van der Waals surface area contributed by atoms with E-state index in [1.165, 1.54) is 14.2 Å². The fourth-order valence-corrected chi connectivity index (χ4v) is 1.40. The fraction of sp³-hybridized carbons (Fsp3) is 0.385. The van der Waals surface area contributed by atoms with Crippen molar-refractivity contribution in [1.82, 2.24) is 0 Å². The average molecular weight is 222 g/mol. The van der Waals surface area contributed by atoms with Crippen LogP contribution < -0.4 is 9.47 Å². The highest BCUT2D eigenvalue weighted by Crippen LogP contribution is 2.37. The van der Waals surface area contributed by atoms with Crippen LogP contribution in [-0.2, 0) is 0 Å². The lowest BCUT2D eigenvalue weighted by atomic mass is 10.1. The molecule has 1 aromatic rings. The molecule has 0 aliphatic rings. The number of aromatic hydroxyl groups is 1. The van der Waals surface area contributed by atoms with Crippen LogP contribution in [-0.4, -0.2) is 19.3 Å². The van der Waals surface area contributed by atoms with E-state index in [4.69, 9.17) is 9.47 Å². The van der Waals surface area contributed by atoms with Gasteiger partial charge in [-0.15, -0.1) is 0 Å². The van der Waals surface area contributed by atoms with Crippen LogP contribution in [0.5, 0.6) is 17.2 Å². The largest absolute Gasteiger partial charge is 0.502 e. The van der Waals surface area contributed by atoms with E-state index >= 15 is 0 Å². The molecular formula is C13H18O3. The first-order chi connectivity index (χ1) is 7.72. The second-order valence-electron chi connectivity index (χ2n) is 3.47. The van der Waals surface area contributed by atoms with Gasteiger partial charge in [0.15, 0.2) is 11.5 Å². The summed E-state index contributed by atoms with van der Waals surface area (Å²) in [5, 5.41) is 9.71. The number of methoxy groups -OCH3 is 2. The molecule has 0 aromatic heterocycles. The second-order valence-corrected chi connectivity index (χ2v) is 3.47. The Morgan fingerprint density at radius 3 is 2.19 bits per heavy atom. The molecule has 0 saturated carbocycles. The molecular weight excluding hydrogens is 204 g/mol. The maximum atomic E-state index is 9.71. The lowest BCUT2D eigenvalue weighted by Gasteiger charge is -2.09. The topological polar surface area (TPSA) is 38.7 Å². The third-order valence-electron chi connectivity index (χ3n) is 2.27. The molecule has 1 aromatic carbocycles. The Morgan fingerprint density at radius 2 is 1.75 bits per heavy atom. The van der Waals surface area contributed by atoms with Gasteiger partial charge >= 0.3 is 0 Å². The van der Waals surface area contributed by atoms with E-state index in [2.05, 4.69) is 13.0 Å². The monoisotopic (exact) mass is 222 g/mol. The molecule has 0 fully saturated rings. The summed E-state index contributed by atoms with van der Waals surface area (Å²) < 4.78 is 10.1. The number of unbranched alkanes of at least 4 members (excludes halogenated alkanes) is 1. The van der Waals surface area contributed by atoms with Crippen LogP contribution >= 0.6 is 0 Å². The Balaban J connectivity index is 3.02. The number of benzene rings is 1. The predicted molar refractivity (Wildman–Crippen MR) is 65.2 cm³/mol. The lowest BCUT2D eigenvalue weighted by Crippen LogP contribution is -1.90.